The molecule has 0 aromatic heterocycles. The van der Waals surface area contributed by atoms with Crippen LogP contribution in [0.3, 0.4) is 0 Å². The van der Waals surface area contributed by atoms with E-state index in [2.05, 4.69) is 150 Å². The smallest absolute Gasteiger partial charge is 0.335 e. The normalized spacial score (nSPS) is 13.0. The van der Waals surface area contributed by atoms with Crippen LogP contribution in [0.1, 0.15) is 0 Å². The van der Waals surface area contributed by atoms with Crippen molar-refractivity contribution in [3.8, 4) is 33.8 Å². The minimum Gasteiger partial charge on any atom is -0.458 e. The Balaban J connectivity index is 1.40. The van der Waals surface area contributed by atoms with Gasteiger partial charge in [-0.05, 0) is 69.6 Å². The average Bonchev–Trinajstić information content (AvgIpc) is 3.03. The van der Waals surface area contributed by atoms with Gasteiger partial charge in [-0.1, -0.05) is 121 Å². The van der Waals surface area contributed by atoms with Crippen molar-refractivity contribution < 1.29 is 4.74 Å². The fourth-order valence-electron chi connectivity index (χ4n) is 5.89. The molecule has 0 bridgehead atoms. The fraction of sp³-hybridized carbons (Fsp3) is 0. The predicted molar refractivity (Wildman–Crippen MR) is 168 cm³/mol. The molecule has 2 nitrogen and oxygen atoms in total. The van der Waals surface area contributed by atoms with Gasteiger partial charge in [0.2, 0.25) is 0 Å². The molecule has 0 unspecified atom stereocenters. The summed E-state index contributed by atoms with van der Waals surface area (Å²) in [5.74, 6) is 1.82. The second-order valence-electron chi connectivity index (χ2n) is 10.1. The van der Waals surface area contributed by atoms with E-state index in [9.17, 15) is 0 Å². The van der Waals surface area contributed by atoms with Crippen molar-refractivity contribution in [1.29, 1.82) is 0 Å². The molecule has 40 heavy (non-hydrogen) atoms. The zero-order valence-electron chi connectivity index (χ0n) is 21.7. The maximum Gasteiger partial charge on any atom is 0.335 e. The van der Waals surface area contributed by atoms with Crippen LogP contribution in [-0.2, 0) is 0 Å². The topological polar surface area (TPSA) is 12.5 Å². The summed E-state index contributed by atoms with van der Waals surface area (Å²) in [6.07, 6.45) is 0. The largest absolute Gasteiger partial charge is 0.458 e. The van der Waals surface area contributed by atoms with Crippen LogP contribution in [0.15, 0.2) is 155 Å². The second kappa shape index (κ2) is 9.51. The number of para-hydroxylation sites is 2. The first-order valence-electron chi connectivity index (χ1n) is 13.6. The van der Waals surface area contributed by atoms with E-state index >= 15 is 0 Å². The molecule has 0 aliphatic carbocycles. The summed E-state index contributed by atoms with van der Waals surface area (Å²) < 4.78 is 6.43. The second-order valence-corrected chi connectivity index (χ2v) is 11.2. The lowest BCUT2D eigenvalue weighted by Gasteiger charge is -2.40. The number of nitrogens with zero attached hydrogens (tertiary/aromatic N) is 1. The molecule has 188 valence electrons. The Morgan fingerprint density at radius 1 is 0.450 bits per heavy atom. The first-order chi connectivity index (χ1) is 19.8. The molecule has 0 atom stereocenters. The van der Waals surface area contributed by atoms with Gasteiger partial charge < -0.3 is 9.55 Å². The molecule has 0 spiro atoms. The minimum atomic E-state index is -0.0448. The molecule has 0 amide bonds. The van der Waals surface area contributed by atoms with Crippen molar-refractivity contribution in [1.82, 2.24) is 0 Å². The summed E-state index contributed by atoms with van der Waals surface area (Å²) in [6, 6.07) is 52.0. The van der Waals surface area contributed by atoms with Gasteiger partial charge >= 0.3 is 6.85 Å². The number of anilines is 2. The molecular weight excluding hydrogens is 505 g/mol. The zero-order chi connectivity index (χ0) is 26.5. The van der Waals surface area contributed by atoms with Crippen molar-refractivity contribution in [3.63, 3.8) is 0 Å². The molecule has 2 aliphatic heterocycles. The molecule has 2 aliphatic rings. The fourth-order valence-corrected chi connectivity index (χ4v) is 6.93. The quantitative estimate of drug-likeness (QED) is 0.213. The summed E-state index contributed by atoms with van der Waals surface area (Å²) in [5.41, 5.74) is 9.60. The number of rotatable bonds is 3. The van der Waals surface area contributed by atoms with Gasteiger partial charge in [-0.3, -0.25) is 0 Å². The molecule has 0 saturated carbocycles. The Morgan fingerprint density at radius 2 is 0.900 bits per heavy atom. The number of fused-ring (bicyclic) bond motifs is 4. The summed E-state index contributed by atoms with van der Waals surface area (Å²) >= 11 is 1.85. The number of hydrogen-bond acceptors (Lipinski definition) is 3. The van der Waals surface area contributed by atoms with Gasteiger partial charge in [-0.15, -0.1) is 0 Å². The van der Waals surface area contributed by atoms with E-state index in [1.54, 1.807) is 0 Å². The van der Waals surface area contributed by atoms with E-state index in [1.165, 1.54) is 54.3 Å². The highest BCUT2D eigenvalue weighted by atomic mass is 32.2. The van der Waals surface area contributed by atoms with E-state index in [0.717, 1.165) is 11.5 Å². The first kappa shape index (κ1) is 23.2. The van der Waals surface area contributed by atoms with E-state index in [-0.39, 0.29) is 6.85 Å². The van der Waals surface area contributed by atoms with Gasteiger partial charge in [0.1, 0.15) is 11.5 Å². The third-order valence-corrected chi connectivity index (χ3v) is 8.91. The molecule has 2 heterocycles. The standard InChI is InChI=1S/C36H24BNOS/c1-3-11-25(12-4-1)27-19-21-35-31(23-27)38(32-24-28(20-22-36(32)40-35)26-13-5-2-6-14-26)37-29-15-7-9-17-33(29)39-34-18-10-8-16-30(34)37/h1-24H. The first-order valence-corrected chi connectivity index (χ1v) is 14.4. The SMILES string of the molecule is c1ccc(-c2ccc3c(c2)N(B2c4ccccc4Oc4ccccc42)c2cc(-c4ccccc4)ccc2S3)cc1. The molecule has 0 fully saturated rings. The number of ether oxygens (including phenoxy) is 1. The van der Waals surface area contributed by atoms with Gasteiger partial charge in [0.25, 0.3) is 0 Å². The third-order valence-electron chi connectivity index (χ3n) is 7.78. The minimum absolute atomic E-state index is 0.0448. The highest BCUT2D eigenvalue weighted by Gasteiger charge is 2.40. The van der Waals surface area contributed by atoms with Crippen LogP contribution in [0.4, 0.5) is 11.4 Å². The highest BCUT2D eigenvalue weighted by Crippen LogP contribution is 2.51. The molecule has 0 radical (unpaired) electrons. The van der Waals surface area contributed by atoms with Gasteiger partial charge in [-0.2, -0.15) is 0 Å². The van der Waals surface area contributed by atoms with Crippen molar-refractivity contribution in [2.45, 2.75) is 9.79 Å². The summed E-state index contributed by atoms with van der Waals surface area (Å²) in [5, 5.41) is 0. The van der Waals surface area contributed by atoms with Crippen LogP contribution in [0.5, 0.6) is 11.5 Å². The lowest BCUT2D eigenvalue weighted by molar-refractivity contribution is 0.487. The highest BCUT2D eigenvalue weighted by molar-refractivity contribution is 7.99. The average molecular weight is 529 g/mol. The summed E-state index contributed by atoms with van der Waals surface area (Å²) in [7, 11) is 0. The summed E-state index contributed by atoms with van der Waals surface area (Å²) in [6.45, 7) is -0.0448. The van der Waals surface area contributed by atoms with Gasteiger partial charge in [0.15, 0.2) is 0 Å². The molecule has 6 aromatic rings. The van der Waals surface area contributed by atoms with Crippen LogP contribution in [0.25, 0.3) is 22.3 Å². The van der Waals surface area contributed by atoms with Crippen LogP contribution in [0, 0.1) is 0 Å². The van der Waals surface area contributed by atoms with Gasteiger partial charge in [-0.25, -0.2) is 0 Å². The summed E-state index contributed by atoms with van der Waals surface area (Å²) in [4.78, 5) is 5.04. The molecule has 8 rings (SSSR count). The Labute approximate surface area is 239 Å². The Morgan fingerprint density at radius 3 is 1.40 bits per heavy atom. The van der Waals surface area contributed by atoms with Crippen molar-refractivity contribution >= 4 is 40.9 Å². The molecule has 0 N–H and O–H groups in total. The van der Waals surface area contributed by atoms with Gasteiger partial charge in [0, 0.05) is 21.2 Å². The Bertz CT molecular complexity index is 1740. The maximum absolute atomic E-state index is 6.43. The zero-order valence-corrected chi connectivity index (χ0v) is 22.5. The molecular formula is C36H24BNOS. The van der Waals surface area contributed by atoms with Crippen molar-refractivity contribution in [2.24, 2.45) is 0 Å². The van der Waals surface area contributed by atoms with E-state index < -0.39 is 0 Å². The van der Waals surface area contributed by atoms with Crippen LogP contribution in [0.2, 0.25) is 0 Å². The number of benzene rings is 6. The monoisotopic (exact) mass is 529 g/mol. The Hall–Kier alpha value is -4.67. The lowest BCUT2D eigenvalue weighted by atomic mass is 9.47. The van der Waals surface area contributed by atoms with Crippen molar-refractivity contribution in [2.75, 3.05) is 4.81 Å². The molecule has 0 saturated heterocycles. The third kappa shape index (κ3) is 3.83. The number of hydrogen-bond donors (Lipinski definition) is 0. The van der Waals surface area contributed by atoms with E-state index in [1.807, 2.05) is 11.8 Å². The van der Waals surface area contributed by atoms with Crippen LogP contribution >= 0.6 is 11.8 Å². The Kier molecular flexibility index (Phi) is 5.53. The predicted octanol–water partition coefficient (Wildman–Crippen LogP) is 8.53. The van der Waals surface area contributed by atoms with E-state index in [0.29, 0.717) is 0 Å². The van der Waals surface area contributed by atoms with Gasteiger partial charge in [0.05, 0.1) is 0 Å². The van der Waals surface area contributed by atoms with Crippen LogP contribution in [-0.4, -0.2) is 6.85 Å². The van der Waals surface area contributed by atoms with Crippen molar-refractivity contribution in [3.05, 3.63) is 146 Å². The maximum atomic E-state index is 6.43. The molecule has 4 heteroatoms. The van der Waals surface area contributed by atoms with E-state index in [4.69, 9.17) is 4.74 Å². The lowest BCUT2D eigenvalue weighted by Crippen LogP contribution is -2.57. The van der Waals surface area contributed by atoms with Crippen LogP contribution < -0.4 is 20.5 Å². The molecule has 6 aromatic carbocycles.